The summed E-state index contributed by atoms with van der Waals surface area (Å²) >= 11 is 0. The average Bonchev–Trinajstić information content (AvgIpc) is 3.29. The first-order valence-corrected chi connectivity index (χ1v) is 7.01. The zero-order chi connectivity index (χ0) is 13.4. The molecule has 2 fully saturated rings. The van der Waals surface area contributed by atoms with E-state index in [2.05, 4.69) is 5.32 Å². The van der Waals surface area contributed by atoms with E-state index in [1.54, 1.807) is 14.2 Å². The fourth-order valence-electron chi connectivity index (χ4n) is 2.73. The third-order valence-corrected chi connectivity index (χ3v) is 4.14. The largest absolute Gasteiger partial charge is 0.493 e. The molecule has 0 aromatic heterocycles. The van der Waals surface area contributed by atoms with Gasteiger partial charge in [-0.15, -0.1) is 0 Å². The predicted molar refractivity (Wildman–Crippen MR) is 76.8 cm³/mol. The minimum atomic E-state index is 0.584. The molecule has 4 nitrogen and oxygen atoms in total. The maximum absolute atomic E-state index is 6.11. The first-order valence-electron chi connectivity index (χ1n) is 7.01. The Morgan fingerprint density at radius 2 is 1.58 bits per heavy atom. The van der Waals surface area contributed by atoms with Crippen LogP contribution in [0.5, 0.6) is 11.5 Å². The minimum absolute atomic E-state index is 0.584. The van der Waals surface area contributed by atoms with Crippen molar-refractivity contribution in [3.63, 3.8) is 0 Å². The lowest BCUT2D eigenvalue weighted by atomic mass is 10.1. The van der Waals surface area contributed by atoms with E-state index in [9.17, 15) is 0 Å². The van der Waals surface area contributed by atoms with E-state index in [4.69, 9.17) is 15.2 Å². The van der Waals surface area contributed by atoms with Crippen molar-refractivity contribution in [1.82, 2.24) is 0 Å². The van der Waals surface area contributed by atoms with Crippen molar-refractivity contribution in [3.8, 4) is 11.5 Å². The SMILES string of the molecule is COc1cc(N)c(NC(C2CC2)C2CC2)cc1OC. The van der Waals surface area contributed by atoms with E-state index < -0.39 is 0 Å². The Kier molecular flexibility index (Phi) is 3.17. The zero-order valence-electron chi connectivity index (χ0n) is 11.6. The lowest BCUT2D eigenvalue weighted by Gasteiger charge is -2.21. The highest BCUT2D eigenvalue weighted by molar-refractivity contribution is 5.72. The van der Waals surface area contributed by atoms with Crippen molar-refractivity contribution in [1.29, 1.82) is 0 Å². The summed E-state index contributed by atoms with van der Waals surface area (Å²) in [5.41, 5.74) is 7.81. The smallest absolute Gasteiger partial charge is 0.162 e. The molecule has 3 N–H and O–H groups in total. The van der Waals surface area contributed by atoms with Gasteiger partial charge in [0.15, 0.2) is 11.5 Å². The summed E-state index contributed by atoms with van der Waals surface area (Å²) in [5.74, 6) is 3.07. The van der Waals surface area contributed by atoms with Gasteiger partial charge in [0, 0.05) is 18.2 Å². The van der Waals surface area contributed by atoms with Gasteiger partial charge in [-0.2, -0.15) is 0 Å². The fourth-order valence-corrected chi connectivity index (χ4v) is 2.73. The molecule has 0 heterocycles. The van der Waals surface area contributed by atoms with Crippen molar-refractivity contribution in [2.45, 2.75) is 31.7 Å². The number of hydrogen-bond acceptors (Lipinski definition) is 4. The topological polar surface area (TPSA) is 56.5 Å². The summed E-state index contributed by atoms with van der Waals surface area (Å²) in [7, 11) is 3.28. The van der Waals surface area contributed by atoms with Crippen LogP contribution in [0.25, 0.3) is 0 Å². The Bertz CT molecular complexity index is 455. The molecule has 19 heavy (non-hydrogen) atoms. The molecular formula is C15H22N2O2. The van der Waals surface area contributed by atoms with Crippen LogP contribution < -0.4 is 20.5 Å². The van der Waals surface area contributed by atoms with Crippen molar-refractivity contribution in [2.24, 2.45) is 11.8 Å². The normalized spacial score (nSPS) is 18.5. The van der Waals surface area contributed by atoms with Gasteiger partial charge in [0.2, 0.25) is 0 Å². The van der Waals surface area contributed by atoms with Crippen LogP contribution in [-0.4, -0.2) is 20.3 Å². The van der Waals surface area contributed by atoms with Gasteiger partial charge in [0.1, 0.15) is 0 Å². The number of nitrogens with two attached hydrogens (primary N) is 1. The predicted octanol–water partition coefficient (Wildman–Crippen LogP) is 2.89. The highest BCUT2D eigenvalue weighted by atomic mass is 16.5. The standard InChI is InChI=1S/C15H22N2O2/c1-18-13-7-11(16)12(8-14(13)19-2)17-15(9-3-4-9)10-5-6-10/h7-10,15,17H,3-6,16H2,1-2H3. The number of rotatable bonds is 6. The average molecular weight is 262 g/mol. The summed E-state index contributed by atoms with van der Waals surface area (Å²) < 4.78 is 10.6. The fraction of sp³-hybridized carbons (Fsp3) is 0.600. The van der Waals surface area contributed by atoms with Gasteiger partial charge >= 0.3 is 0 Å². The summed E-state index contributed by atoms with van der Waals surface area (Å²) in [4.78, 5) is 0. The third-order valence-electron chi connectivity index (χ3n) is 4.14. The Morgan fingerprint density at radius 3 is 2.05 bits per heavy atom. The second-order valence-corrected chi connectivity index (χ2v) is 5.64. The molecule has 0 spiro atoms. The maximum Gasteiger partial charge on any atom is 0.162 e. The Balaban J connectivity index is 1.82. The number of nitrogen functional groups attached to an aromatic ring is 1. The Morgan fingerprint density at radius 1 is 1.05 bits per heavy atom. The van der Waals surface area contributed by atoms with Gasteiger partial charge < -0.3 is 20.5 Å². The van der Waals surface area contributed by atoms with Gasteiger partial charge in [-0.25, -0.2) is 0 Å². The summed E-state index contributed by atoms with van der Waals surface area (Å²) in [6.07, 6.45) is 5.39. The number of hydrogen-bond donors (Lipinski definition) is 2. The van der Waals surface area contributed by atoms with E-state index in [1.807, 2.05) is 12.1 Å². The molecule has 0 atom stereocenters. The van der Waals surface area contributed by atoms with E-state index in [1.165, 1.54) is 25.7 Å². The van der Waals surface area contributed by atoms with Crippen LogP contribution >= 0.6 is 0 Å². The molecule has 0 unspecified atom stereocenters. The van der Waals surface area contributed by atoms with Gasteiger partial charge in [0.05, 0.1) is 25.6 Å². The first-order chi connectivity index (χ1) is 9.22. The summed E-state index contributed by atoms with van der Waals surface area (Å²) in [6, 6.07) is 4.37. The molecule has 2 aliphatic rings. The zero-order valence-corrected chi connectivity index (χ0v) is 11.6. The van der Waals surface area contributed by atoms with E-state index in [0.29, 0.717) is 11.8 Å². The molecule has 0 amide bonds. The Labute approximate surface area is 114 Å². The van der Waals surface area contributed by atoms with Crippen molar-refractivity contribution >= 4 is 11.4 Å². The molecule has 0 saturated heterocycles. The van der Waals surface area contributed by atoms with Crippen molar-refractivity contribution in [3.05, 3.63) is 12.1 Å². The van der Waals surface area contributed by atoms with Crippen LogP contribution in [0.1, 0.15) is 25.7 Å². The van der Waals surface area contributed by atoms with Crippen LogP contribution in [0.15, 0.2) is 12.1 Å². The second-order valence-electron chi connectivity index (χ2n) is 5.64. The molecule has 1 aromatic carbocycles. The number of ether oxygens (including phenoxy) is 2. The molecule has 2 saturated carbocycles. The lowest BCUT2D eigenvalue weighted by molar-refractivity contribution is 0.355. The third kappa shape index (κ3) is 2.57. The second kappa shape index (κ2) is 4.83. The number of methoxy groups -OCH3 is 2. The van der Waals surface area contributed by atoms with Crippen LogP contribution in [0.3, 0.4) is 0 Å². The van der Waals surface area contributed by atoms with E-state index in [-0.39, 0.29) is 0 Å². The molecule has 2 aliphatic carbocycles. The molecular weight excluding hydrogens is 240 g/mol. The number of benzene rings is 1. The minimum Gasteiger partial charge on any atom is -0.493 e. The summed E-state index contributed by atoms with van der Waals surface area (Å²) in [5, 5.41) is 3.64. The van der Waals surface area contributed by atoms with Crippen LogP contribution in [0.2, 0.25) is 0 Å². The highest BCUT2D eigenvalue weighted by Gasteiger charge is 2.41. The molecule has 4 heteroatoms. The van der Waals surface area contributed by atoms with Crippen LogP contribution in [-0.2, 0) is 0 Å². The van der Waals surface area contributed by atoms with Crippen LogP contribution in [0, 0.1) is 11.8 Å². The van der Waals surface area contributed by atoms with Gasteiger partial charge in [0.25, 0.3) is 0 Å². The number of nitrogens with one attached hydrogen (secondary N) is 1. The quantitative estimate of drug-likeness (QED) is 0.774. The molecule has 3 rings (SSSR count). The van der Waals surface area contributed by atoms with Gasteiger partial charge in [-0.05, 0) is 37.5 Å². The van der Waals surface area contributed by atoms with E-state index >= 15 is 0 Å². The maximum atomic E-state index is 6.11. The molecule has 0 radical (unpaired) electrons. The van der Waals surface area contributed by atoms with E-state index in [0.717, 1.165) is 29.0 Å². The van der Waals surface area contributed by atoms with Crippen molar-refractivity contribution in [2.75, 3.05) is 25.3 Å². The first kappa shape index (κ1) is 12.5. The lowest BCUT2D eigenvalue weighted by Crippen LogP contribution is -2.24. The highest BCUT2D eigenvalue weighted by Crippen LogP contribution is 2.47. The molecule has 0 bridgehead atoms. The number of anilines is 2. The monoisotopic (exact) mass is 262 g/mol. The Hall–Kier alpha value is -1.58. The van der Waals surface area contributed by atoms with Gasteiger partial charge in [-0.1, -0.05) is 0 Å². The molecule has 104 valence electrons. The molecule has 1 aromatic rings. The van der Waals surface area contributed by atoms with Gasteiger partial charge in [-0.3, -0.25) is 0 Å². The van der Waals surface area contributed by atoms with Crippen molar-refractivity contribution < 1.29 is 9.47 Å². The molecule has 0 aliphatic heterocycles. The summed E-state index contributed by atoms with van der Waals surface area (Å²) in [6.45, 7) is 0. The van der Waals surface area contributed by atoms with Crippen LogP contribution in [0.4, 0.5) is 11.4 Å².